The fourth-order valence-corrected chi connectivity index (χ4v) is 3.42. The van der Waals surface area contributed by atoms with Crippen LogP contribution in [0.2, 0.25) is 0 Å². The fourth-order valence-electron chi connectivity index (χ4n) is 3.42. The molecule has 0 spiro atoms. The molecule has 0 aliphatic heterocycles. The van der Waals surface area contributed by atoms with Crippen LogP contribution in [0.1, 0.15) is 16.7 Å². The molecule has 0 bridgehead atoms. The van der Waals surface area contributed by atoms with Gasteiger partial charge < -0.3 is 9.47 Å². The van der Waals surface area contributed by atoms with Crippen LogP contribution in [0.15, 0.2) is 42.5 Å². The number of esters is 1. The van der Waals surface area contributed by atoms with Crippen LogP contribution in [0.5, 0.6) is 0 Å². The quantitative estimate of drug-likeness (QED) is 0.812. The van der Waals surface area contributed by atoms with Crippen LogP contribution in [0.4, 0.5) is 0 Å². The number of hydrogen-bond donors (Lipinski definition) is 0. The largest absolute Gasteiger partial charge is 0.468 e. The van der Waals surface area contributed by atoms with E-state index in [-0.39, 0.29) is 12.6 Å². The van der Waals surface area contributed by atoms with Crippen molar-refractivity contribution in [2.24, 2.45) is 0 Å². The maximum Gasteiger partial charge on any atom is 0.323 e. The molecule has 2 aromatic rings. The van der Waals surface area contributed by atoms with Crippen molar-refractivity contribution in [3.63, 3.8) is 0 Å². The Morgan fingerprint density at radius 2 is 1.76 bits per heavy atom. The minimum atomic E-state index is -0.874. The van der Waals surface area contributed by atoms with E-state index in [1.54, 1.807) is 7.11 Å². The summed E-state index contributed by atoms with van der Waals surface area (Å²) < 4.78 is 10.5. The van der Waals surface area contributed by atoms with Crippen LogP contribution >= 0.6 is 0 Å². The summed E-state index contributed by atoms with van der Waals surface area (Å²) in [6, 6.07) is 14.0. The average molecular weight is 282 g/mol. The number of carbonyl (C=O) groups is 1. The van der Waals surface area contributed by atoms with Gasteiger partial charge in [0.25, 0.3) is 0 Å². The number of benzene rings is 2. The van der Waals surface area contributed by atoms with E-state index >= 15 is 0 Å². The van der Waals surface area contributed by atoms with Crippen molar-refractivity contribution in [1.29, 1.82) is 0 Å². The van der Waals surface area contributed by atoms with Crippen molar-refractivity contribution >= 4 is 5.97 Å². The van der Waals surface area contributed by atoms with E-state index in [1.165, 1.54) is 7.11 Å². The van der Waals surface area contributed by atoms with Crippen molar-refractivity contribution in [3.05, 3.63) is 59.2 Å². The number of carbonyl (C=O) groups excluding carboxylic acids is 1. The van der Waals surface area contributed by atoms with Crippen molar-refractivity contribution in [2.45, 2.75) is 12.3 Å². The van der Waals surface area contributed by atoms with Crippen molar-refractivity contribution < 1.29 is 14.3 Å². The summed E-state index contributed by atoms with van der Waals surface area (Å²) in [6.45, 7) is 2.34. The molecule has 0 N–H and O–H groups in total. The summed E-state index contributed by atoms with van der Waals surface area (Å²) in [5, 5.41) is 0. The molecular formula is C18H18O3. The molecule has 1 atom stereocenters. The Morgan fingerprint density at radius 1 is 1.05 bits per heavy atom. The summed E-state index contributed by atoms with van der Waals surface area (Å²) in [5.41, 5.74) is 4.42. The Bertz CT molecular complexity index is 705. The lowest BCUT2D eigenvalue weighted by molar-refractivity contribution is -0.147. The van der Waals surface area contributed by atoms with E-state index in [2.05, 4.69) is 19.1 Å². The van der Waals surface area contributed by atoms with Crippen LogP contribution in [-0.4, -0.2) is 26.8 Å². The Balaban J connectivity index is 2.41. The Kier molecular flexibility index (Phi) is 3.30. The molecule has 3 rings (SSSR count). The predicted octanol–water partition coefficient (Wildman–Crippen LogP) is 3.08. The number of ether oxygens (including phenoxy) is 2. The first-order valence-electron chi connectivity index (χ1n) is 6.94. The van der Waals surface area contributed by atoms with Gasteiger partial charge in [-0.2, -0.15) is 0 Å². The summed E-state index contributed by atoms with van der Waals surface area (Å²) in [4.78, 5) is 12.7. The van der Waals surface area contributed by atoms with Crippen molar-refractivity contribution in [1.82, 2.24) is 0 Å². The predicted molar refractivity (Wildman–Crippen MR) is 81.3 cm³/mol. The first-order chi connectivity index (χ1) is 10.2. The molecular weight excluding hydrogens is 264 g/mol. The number of fused-ring (bicyclic) bond motifs is 3. The third-order valence-electron chi connectivity index (χ3n) is 4.28. The highest BCUT2D eigenvalue weighted by atomic mass is 16.5. The molecule has 0 radical (unpaired) electrons. The van der Waals surface area contributed by atoms with Gasteiger partial charge in [0.05, 0.1) is 13.7 Å². The fraction of sp³-hybridized carbons (Fsp3) is 0.278. The van der Waals surface area contributed by atoms with Crippen molar-refractivity contribution in [3.8, 4) is 11.1 Å². The van der Waals surface area contributed by atoms with Crippen LogP contribution in [0.3, 0.4) is 0 Å². The molecule has 0 saturated heterocycles. The van der Waals surface area contributed by atoms with E-state index in [1.807, 2.05) is 30.3 Å². The topological polar surface area (TPSA) is 35.5 Å². The van der Waals surface area contributed by atoms with Gasteiger partial charge in [-0.3, -0.25) is 4.79 Å². The lowest BCUT2D eigenvalue weighted by Crippen LogP contribution is -2.40. The van der Waals surface area contributed by atoms with Crippen LogP contribution in [0.25, 0.3) is 11.1 Å². The lowest BCUT2D eigenvalue weighted by atomic mass is 9.78. The molecule has 1 unspecified atom stereocenters. The molecule has 2 aromatic carbocycles. The number of methoxy groups -OCH3 is 2. The summed E-state index contributed by atoms with van der Waals surface area (Å²) >= 11 is 0. The standard InChI is InChI=1S/C18H18O3/c1-12-7-6-10-15-16(12)13-8-4-5-9-14(13)18(15,11-20-2)17(19)21-3/h4-10H,11H2,1-3H3. The molecule has 0 saturated carbocycles. The summed E-state index contributed by atoms with van der Waals surface area (Å²) in [6.07, 6.45) is 0. The zero-order valence-electron chi connectivity index (χ0n) is 12.5. The van der Waals surface area contributed by atoms with E-state index in [4.69, 9.17) is 9.47 Å². The Hall–Kier alpha value is -2.13. The molecule has 0 amide bonds. The maximum absolute atomic E-state index is 12.7. The van der Waals surface area contributed by atoms with Gasteiger partial charge in [0.1, 0.15) is 5.41 Å². The van der Waals surface area contributed by atoms with Gasteiger partial charge in [0, 0.05) is 7.11 Å². The van der Waals surface area contributed by atoms with E-state index in [0.717, 1.165) is 27.8 Å². The molecule has 21 heavy (non-hydrogen) atoms. The highest BCUT2D eigenvalue weighted by Crippen LogP contribution is 2.50. The molecule has 3 nitrogen and oxygen atoms in total. The van der Waals surface area contributed by atoms with Gasteiger partial charge in [0.2, 0.25) is 0 Å². The summed E-state index contributed by atoms with van der Waals surface area (Å²) in [7, 11) is 3.04. The highest BCUT2D eigenvalue weighted by molar-refractivity contribution is 5.98. The van der Waals surface area contributed by atoms with E-state index in [0.29, 0.717) is 0 Å². The molecule has 1 aliphatic carbocycles. The first kappa shape index (κ1) is 13.8. The van der Waals surface area contributed by atoms with Crippen LogP contribution < -0.4 is 0 Å². The minimum Gasteiger partial charge on any atom is -0.468 e. The van der Waals surface area contributed by atoms with E-state index in [9.17, 15) is 4.79 Å². The second kappa shape index (κ2) is 5.01. The normalized spacial score (nSPS) is 19.0. The second-order valence-corrected chi connectivity index (χ2v) is 5.37. The third kappa shape index (κ3) is 1.74. The zero-order valence-corrected chi connectivity index (χ0v) is 12.5. The lowest BCUT2D eigenvalue weighted by Gasteiger charge is -2.28. The Morgan fingerprint density at radius 3 is 2.48 bits per heavy atom. The molecule has 3 heteroatoms. The van der Waals surface area contributed by atoms with Gasteiger partial charge in [0.15, 0.2) is 0 Å². The second-order valence-electron chi connectivity index (χ2n) is 5.37. The van der Waals surface area contributed by atoms with Gasteiger partial charge in [-0.25, -0.2) is 0 Å². The Labute approximate surface area is 124 Å². The third-order valence-corrected chi connectivity index (χ3v) is 4.28. The summed E-state index contributed by atoms with van der Waals surface area (Å²) in [5.74, 6) is -0.277. The highest BCUT2D eigenvalue weighted by Gasteiger charge is 2.50. The number of aryl methyl sites for hydroxylation is 1. The smallest absolute Gasteiger partial charge is 0.323 e. The zero-order chi connectivity index (χ0) is 15.0. The first-order valence-corrected chi connectivity index (χ1v) is 6.94. The van der Waals surface area contributed by atoms with Gasteiger partial charge in [-0.15, -0.1) is 0 Å². The molecule has 0 fully saturated rings. The number of rotatable bonds is 3. The number of hydrogen-bond acceptors (Lipinski definition) is 3. The van der Waals surface area contributed by atoms with E-state index < -0.39 is 5.41 Å². The SMILES string of the molecule is COCC1(C(=O)OC)c2ccccc2-c2c(C)cccc21. The van der Waals surface area contributed by atoms with Gasteiger partial charge in [-0.05, 0) is 34.7 Å². The monoisotopic (exact) mass is 282 g/mol. The minimum absolute atomic E-state index is 0.271. The van der Waals surface area contributed by atoms with Crippen LogP contribution in [-0.2, 0) is 19.7 Å². The molecule has 1 aliphatic rings. The van der Waals surface area contributed by atoms with Gasteiger partial charge in [-0.1, -0.05) is 42.5 Å². The molecule has 0 heterocycles. The molecule has 0 aromatic heterocycles. The molecule has 108 valence electrons. The van der Waals surface area contributed by atoms with Crippen LogP contribution in [0, 0.1) is 6.92 Å². The van der Waals surface area contributed by atoms with Crippen molar-refractivity contribution in [2.75, 3.05) is 20.8 Å². The maximum atomic E-state index is 12.7. The van der Waals surface area contributed by atoms with Gasteiger partial charge >= 0.3 is 5.97 Å². The average Bonchev–Trinajstić information content (AvgIpc) is 2.80.